The third-order valence-corrected chi connectivity index (χ3v) is 4.44. The highest BCUT2D eigenvalue weighted by Crippen LogP contribution is 2.37. The first kappa shape index (κ1) is 22.0. The van der Waals surface area contributed by atoms with Crippen LogP contribution in [0.2, 0.25) is 5.02 Å². The van der Waals surface area contributed by atoms with Crippen LogP contribution in [-0.2, 0) is 9.59 Å². The Morgan fingerprint density at radius 2 is 1.48 bits per heavy atom. The molecule has 1 aliphatic rings. The number of methoxy groups -OCH3 is 2. The summed E-state index contributed by atoms with van der Waals surface area (Å²) in [5.41, 5.74) is 0.178. The van der Waals surface area contributed by atoms with Crippen molar-refractivity contribution in [1.82, 2.24) is 10.6 Å². The third-order valence-electron chi connectivity index (χ3n) is 4.16. The zero-order chi connectivity index (χ0) is 22.4. The number of amides is 4. The van der Waals surface area contributed by atoms with Gasteiger partial charge in [0.1, 0.15) is 30.3 Å². The van der Waals surface area contributed by atoms with Crippen molar-refractivity contribution in [2.75, 3.05) is 27.4 Å². The number of nitrogens with one attached hydrogen (secondary N) is 2. The summed E-state index contributed by atoms with van der Waals surface area (Å²) in [5, 5.41) is 4.21. The van der Waals surface area contributed by atoms with Gasteiger partial charge in [-0.15, -0.1) is 0 Å². The van der Waals surface area contributed by atoms with E-state index in [4.69, 9.17) is 30.5 Å². The molecule has 0 unspecified atom stereocenters. The van der Waals surface area contributed by atoms with Crippen LogP contribution >= 0.6 is 11.6 Å². The lowest BCUT2D eigenvalue weighted by atomic mass is 10.1. The second kappa shape index (κ2) is 9.86. The number of ether oxygens (including phenoxy) is 4. The molecule has 2 N–H and O–H groups in total. The molecule has 0 saturated carbocycles. The van der Waals surface area contributed by atoms with Crippen molar-refractivity contribution in [3.05, 3.63) is 52.6 Å². The highest BCUT2D eigenvalue weighted by Gasteiger charge is 2.27. The first-order valence-corrected chi connectivity index (χ1v) is 9.44. The number of rotatable bonds is 8. The first-order chi connectivity index (χ1) is 14.9. The van der Waals surface area contributed by atoms with Gasteiger partial charge in [-0.05, 0) is 48.0 Å². The van der Waals surface area contributed by atoms with E-state index in [-0.39, 0.29) is 29.6 Å². The molecule has 0 aromatic heterocycles. The van der Waals surface area contributed by atoms with E-state index in [0.717, 1.165) is 5.75 Å². The summed E-state index contributed by atoms with van der Waals surface area (Å²) in [4.78, 5) is 34.9. The van der Waals surface area contributed by atoms with Crippen molar-refractivity contribution in [1.29, 1.82) is 0 Å². The van der Waals surface area contributed by atoms with E-state index in [1.165, 1.54) is 19.3 Å². The van der Waals surface area contributed by atoms with Crippen LogP contribution in [0.15, 0.2) is 42.0 Å². The Morgan fingerprint density at radius 1 is 0.871 bits per heavy atom. The summed E-state index contributed by atoms with van der Waals surface area (Å²) < 4.78 is 21.7. The molecule has 1 fully saturated rings. The largest absolute Gasteiger partial charge is 0.497 e. The van der Waals surface area contributed by atoms with Gasteiger partial charge in [0.2, 0.25) is 0 Å². The smallest absolute Gasteiger partial charge is 0.328 e. The molecular weight excluding hydrogens is 428 g/mol. The molecule has 1 heterocycles. The Kier molecular flexibility index (Phi) is 6.99. The van der Waals surface area contributed by atoms with E-state index in [0.29, 0.717) is 17.1 Å². The molecule has 9 nitrogen and oxygen atoms in total. The average molecular weight is 447 g/mol. The second-order valence-corrected chi connectivity index (χ2v) is 6.61. The lowest BCUT2D eigenvalue weighted by Crippen LogP contribution is -2.51. The molecule has 10 heteroatoms. The fourth-order valence-corrected chi connectivity index (χ4v) is 2.99. The number of halogens is 1. The van der Waals surface area contributed by atoms with Crippen LogP contribution in [0.25, 0.3) is 6.08 Å². The molecular formula is C21H19ClN2O7. The van der Waals surface area contributed by atoms with Gasteiger partial charge in [0.15, 0.2) is 11.5 Å². The number of benzene rings is 2. The molecule has 1 aliphatic heterocycles. The standard InChI is InChI=1S/C21H19ClN2O7/c1-28-13-3-5-14(6-4-13)30-7-8-31-18-16(22)10-12(11-17(18)29-2)9-15-19(25)23-21(27)24-20(15)26/h3-6,9-11H,7-8H2,1-2H3,(H2,23,24,25,26,27). The van der Waals surface area contributed by atoms with E-state index in [2.05, 4.69) is 0 Å². The Balaban J connectivity index is 1.67. The summed E-state index contributed by atoms with van der Waals surface area (Å²) in [5.74, 6) is 0.366. The fourth-order valence-electron chi connectivity index (χ4n) is 2.71. The minimum atomic E-state index is -0.872. The van der Waals surface area contributed by atoms with Crippen molar-refractivity contribution in [2.24, 2.45) is 0 Å². The van der Waals surface area contributed by atoms with Gasteiger partial charge in [-0.2, -0.15) is 0 Å². The van der Waals surface area contributed by atoms with Crippen LogP contribution in [0.3, 0.4) is 0 Å². The molecule has 4 amide bonds. The van der Waals surface area contributed by atoms with Gasteiger partial charge in [-0.1, -0.05) is 11.6 Å². The zero-order valence-electron chi connectivity index (χ0n) is 16.7. The Labute approximate surface area is 182 Å². The Morgan fingerprint density at radius 3 is 2.10 bits per heavy atom. The van der Waals surface area contributed by atoms with Crippen molar-refractivity contribution in [3.63, 3.8) is 0 Å². The summed E-state index contributed by atoms with van der Waals surface area (Å²) in [6.07, 6.45) is 1.29. The molecule has 2 aromatic carbocycles. The van der Waals surface area contributed by atoms with Gasteiger partial charge in [0, 0.05) is 0 Å². The Bertz CT molecular complexity index is 1010. The number of hydrogen-bond acceptors (Lipinski definition) is 7. The van der Waals surface area contributed by atoms with Crippen LogP contribution in [0.5, 0.6) is 23.0 Å². The minimum absolute atomic E-state index is 0.190. The van der Waals surface area contributed by atoms with Gasteiger partial charge in [-0.3, -0.25) is 20.2 Å². The molecule has 0 radical (unpaired) electrons. The number of imide groups is 2. The van der Waals surface area contributed by atoms with Crippen molar-refractivity contribution in [3.8, 4) is 23.0 Å². The topological polar surface area (TPSA) is 112 Å². The maximum absolute atomic E-state index is 11.9. The monoisotopic (exact) mass is 446 g/mol. The predicted molar refractivity (Wildman–Crippen MR) is 112 cm³/mol. The maximum atomic E-state index is 11.9. The highest BCUT2D eigenvalue weighted by molar-refractivity contribution is 6.33. The molecule has 162 valence electrons. The predicted octanol–water partition coefficient (Wildman–Crippen LogP) is 2.56. The second-order valence-electron chi connectivity index (χ2n) is 6.20. The van der Waals surface area contributed by atoms with Gasteiger partial charge >= 0.3 is 6.03 Å². The molecule has 1 saturated heterocycles. The van der Waals surface area contributed by atoms with Crippen molar-refractivity contribution < 1.29 is 33.3 Å². The summed E-state index contributed by atoms with van der Waals surface area (Å²) >= 11 is 6.31. The highest BCUT2D eigenvalue weighted by atomic mass is 35.5. The van der Waals surface area contributed by atoms with Crippen molar-refractivity contribution >= 4 is 35.5 Å². The first-order valence-electron chi connectivity index (χ1n) is 9.07. The van der Waals surface area contributed by atoms with Gasteiger partial charge < -0.3 is 18.9 Å². The summed E-state index contributed by atoms with van der Waals surface area (Å²) in [6.45, 7) is 0.446. The normalized spacial score (nSPS) is 13.3. The molecule has 0 atom stereocenters. The quantitative estimate of drug-likeness (QED) is 0.364. The van der Waals surface area contributed by atoms with E-state index < -0.39 is 17.8 Å². The zero-order valence-corrected chi connectivity index (χ0v) is 17.4. The van der Waals surface area contributed by atoms with Crippen LogP contribution in [-0.4, -0.2) is 45.3 Å². The van der Waals surface area contributed by atoms with Crippen LogP contribution in [0.1, 0.15) is 5.56 Å². The number of urea groups is 1. The number of hydrogen-bond donors (Lipinski definition) is 2. The molecule has 0 spiro atoms. The third kappa shape index (κ3) is 5.46. The molecule has 3 rings (SSSR count). The number of carbonyl (C=O) groups is 3. The lowest BCUT2D eigenvalue weighted by molar-refractivity contribution is -0.123. The van der Waals surface area contributed by atoms with E-state index in [9.17, 15) is 14.4 Å². The van der Waals surface area contributed by atoms with Crippen LogP contribution < -0.4 is 29.6 Å². The average Bonchev–Trinajstić information content (AvgIpc) is 2.75. The maximum Gasteiger partial charge on any atom is 0.328 e. The molecule has 0 aliphatic carbocycles. The van der Waals surface area contributed by atoms with Crippen molar-refractivity contribution in [2.45, 2.75) is 0 Å². The summed E-state index contributed by atoms with van der Waals surface area (Å²) in [7, 11) is 3.02. The van der Waals surface area contributed by atoms with E-state index in [1.807, 2.05) is 10.6 Å². The van der Waals surface area contributed by atoms with Gasteiger partial charge in [-0.25, -0.2) is 4.79 Å². The van der Waals surface area contributed by atoms with Gasteiger partial charge in [0.05, 0.1) is 19.2 Å². The SMILES string of the molecule is COc1ccc(OCCOc2c(Cl)cc(C=C3C(=O)NC(=O)NC3=O)cc2OC)cc1. The number of carbonyl (C=O) groups excluding carboxylic acids is 3. The Hall–Kier alpha value is -3.72. The van der Waals surface area contributed by atoms with E-state index >= 15 is 0 Å². The fraction of sp³-hybridized carbons (Fsp3) is 0.190. The van der Waals surface area contributed by atoms with E-state index in [1.54, 1.807) is 37.4 Å². The van der Waals surface area contributed by atoms with Gasteiger partial charge in [0.25, 0.3) is 11.8 Å². The number of barbiturate groups is 1. The summed E-state index contributed by atoms with van der Waals surface area (Å²) in [6, 6.07) is 9.31. The minimum Gasteiger partial charge on any atom is -0.497 e. The lowest BCUT2D eigenvalue weighted by Gasteiger charge is -2.16. The van der Waals surface area contributed by atoms with Crippen LogP contribution in [0.4, 0.5) is 4.79 Å². The molecule has 2 aromatic rings. The molecule has 0 bridgehead atoms. The van der Waals surface area contributed by atoms with Crippen LogP contribution in [0, 0.1) is 0 Å². The molecule has 31 heavy (non-hydrogen) atoms.